The molecule has 9 rings (SSSR count). The molecule has 1 N–H and O–H groups in total. The van der Waals surface area contributed by atoms with Gasteiger partial charge in [0.1, 0.15) is 5.76 Å². The summed E-state index contributed by atoms with van der Waals surface area (Å²) in [5.74, 6) is 4.00. The highest BCUT2D eigenvalue weighted by Gasteiger charge is 2.74. The van der Waals surface area contributed by atoms with Crippen molar-refractivity contribution in [2.24, 2.45) is 40.9 Å². The van der Waals surface area contributed by atoms with Crippen molar-refractivity contribution in [2.75, 3.05) is 45.9 Å². The Morgan fingerprint density at radius 1 is 1.02 bits per heavy atom. The third kappa shape index (κ3) is 3.85. The average Bonchev–Trinajstić information content (AvgIpc) is 3.60. The van der Waals surface area contributed by atoms with Gasteiger partial charge in [0.05, 0.1) is 18.0 Å². The van der Waals surface area contributed by atoms with Gasteiger partial charge in [-0.25, -0.2) is 12.7 Å². The fourth-order valence-corrected chi connectivity index (χ4v) is 14.2. The number of morpholine rings is 1. The number of nitrogens with one attached hydrogen (secondary N) is 1. The predicted octanol–water partition coefficient (Wildman–Crippen LogP) is 3.24. The maximum Gasteiger partial charge on any atom is 0.273 e. The van der Waals surface area contributed by atoms with E-state index >= 15 is 0 Å². The zero-order valence-corrected chi connectivity index (χ0v) is 24.8. The summed E-state index contributed by atoms with van der Waals surface area (Å²) in [6, 6.07) is 1.90. The van der Waals surface area contributed by atoms with Crippen molar-refractivity contribution in [1.29, 1.82) is 0 Å². The van der Waals surface area contributed by atoms with Crippen molar-refractivity contribution in [1.82, 2.24) is 19.7 Å². The van der Waals surface area contributed by atoms with Crippen LogP contribution in [0.5, 0.6) is 0 Å². The first kappa shape index (κ1) is 26.0. The standard InChI is InChI=1S/C31H44N4O5S/c36-29(26-12-27(40-33-26)20-1-2-20)32-24-10-21-15-31(16-22(11-24)28(21)31)41(37,38)35-17-19-9-25-23(18-35)14-30(25,13-19)3-4-34-5-7-39-8-6-34/h12,19-25,28H,1-11,13-18H2,(H,32,36)/t19?,21-,22+,23?,24?,25?,28?,30?,31?. The average molecular weight is 585 g/mol. The lowest BCUT2D eigenvalue weighted by atomic mass is 9.42. The summed E-state index contributed by atoms with van der Waals surface area (Å²) < 4.78 is 41.0. The van der Waals surface area contributed by atoms with E-state index in [-0.39, 0.29) is 17.9 Å². The van der Waals surface area contributed by atoms with Crippen LogP contribution in [0, 0.1) is 40.9 Å². The van der Waals surface area contributed by atoms with E-state index in [9.17, 15) is 13.2 Å². The molecule has 2 aliphatic heterocycles. The van der Waals surface area contributed by atoms with Crippen molar-refractivity contribution in [2.45, 2.75) is 80.9 Å². The Morgan fingerprint density at radius 2 is 1.80 bits per heavy atom. The van der Waals surface area contributed by atoms with Gasteiger partial charge >= 0.3 is 0 Å². The molecule has 0 radical (unpaired) electrons. The third-order valence-corrected chi connectivity index (χ3v) is 15.8. The normalized spacial score (nSPS) is 45.1. The number of hydrogen-bond acceptors (Lipinski definition) is 7. The minimum absolute atomic E-state index is 0.102. The van der Waals surface area contributed by atoms with Crippen molar-refractivity contribution in [3.63, 3.8) is 0 Å². The maximum absolute atomic E-state index is 14.3. The molecule has 2 bridgehead atoms. The molecule has 8 aliphatic rings. The quantitative estimate of drug-likeness (QED) is 0.500. The molecule has 10 heteroatoms. The number of sulfonamides is 1. The lowest BCUT2D eigenvalue weighted by Crippen LogP contribution is -2.75. The SMILES string of the molecule is O=C(NC1C[C@@H]2CC3(S(=O)(=O)N4CC5CC6C(C4)CC6(CCN4CCOCC4)C5)C[C@H](C1)C23)c1cc(C2CC2)on1. The molecule has 224 valence electrons. The zero-order chi connectivity index (χ0) is 27.6. The van der Waals surface area contributed by atoms with Crippen LogP contribution in [0.15, 0.2) is 10.6 Å². The molecule has 9 nitrogen and oxygen atoms in total. The molecular formula is C31H44N4O5S. The maximum atomic E-state index is 14.3. The Morgan fingerprint density at radius 3 is 2.56 bits per heavy atom. The highest BCUT2D eigenvalue weighted by atomic mass is 32.2. The second-order valence-corrected chi connectivity index (χ2v) is 17.6. The van der Waals surface area contributed by atoms with Gasteiger partial charge in [0.2, 0.25) is 10.0 Å². The second-order valence-electron chi connectivity index (χ2n) is 15.3. The van der Waals surface area contributed by atoms with E-state index in [0.717, 1.165) is 89.6 Å². The van der Waals surface area contributed by atoms with E-state index in [4.69, 9.17) is 9.26 Å². The van der Waals surface area contributed by atoms with E-state index in [1.165, 1.54) is 32.2 Å². The summed E-state index contributed by atoms with van der Waals surface area (Å²) in [5.41, 5.74) is 0.851. The minimum Gasteiger partial charge on any atom is -0.379 e. The first-order valence-electron chi connectivity index (χ1n) is 16.4. The van der Waals surface area contributed by atoms with Crippen LogP contribution in [0.3, 0.4) is 0 Å². The van der Waals surface area contributed by atoms with Gasteiger partial charge in [0, 0.05) is 44.2 Å². The van der Waals surface area contributed by atoms with E-state index in [0.29, 0.717) is 40.7 Å². The van der Waals surface area contributed by atoms with Crippen LogP contribution in [0.2, 0.25) is 0 Å². The van der Waals surface area contributed by atoms with Crippen molar-refractivity contribution in [3.8, 4) is 0 Å². The number of rotatable bonds is 8. The highest BCUT2D eigenvalue weighted by molar-refractivity contribution is 7.90. The Balaban J connectivity index is 0.823. The Kier molecular flexibility index (Phi) is 5.71. The summed E-state index contributed by atoms with van der Waals surface area (Å²) in [6.07, 6.45) is 10.5. The van der Waals surface area contributed by atoms with Crippen LogP contribution in [0.25, 0.3) is 0 Å². The molecule has 0 spiro atoms. The van der Waals surface area contributed by atoms with E-state index in [1.807, 2.05) is 4.31 Å². The largest absolute Gasteiger partial charge is 0.379 e. The highest BCUT2D eigenvalue weighted by Crippen LogP contribution is 2.71. The number of fused-ring (bicyclic) bond motifs is 1. The minimum atomic E-state index is -3.31. The smallest absolute Gasteiger partial charge is 0.273 e. The van der Waals surface area contributed by atoms with Crippen LogP contribution in [0.1, 0.15) is 86.4 Å². The lowest BCUT2D eigenvalue weighted by Gasteiger charge is -2.70. The molecule has 6 saturated carbocycles. The number of ether oxygens (including phenoxy) is 1. The molecular weight excluding hydrogens is 540 g/mol. The molecule has 7 unspecified atom stereocenters. The molecule has 3 heterocycles. The molecule has 41 heavy (non-hydrogen) atoms. The molecule has 1 amide bonds. The van der Waals surface area contributed by atoms with Gasteiger partial charge in [-0.15, -0.1) is 0 Å². The first-order valence-corrected chi connectivity index (χ1v) is 17.8. The van der Waals surface area contributed by atoms with Crippen LogP contribution < -0.4 is 5.32 Å². The summed E-state index contributed by atoms with van der Waals surface area (Å²) in [7, 11) is -3.31. The lowest BCUT2D eigenvalue weighted by molar-refractivity contribution is -0.109. The van der Waals surface area contributed by atoms with Crippen LogP contribution in [-0.2, 0) is 14.8 Å². The summed E-state index contributed by atoms with van der Waals surface area (Å²) in [4.78, 5) is 15.4. The van der Waals surface area contributed by atoms with Gasteiger partial charge < -0.3 is 14.6 Å². The van der Waals surface area contributed by atoms with Crippen LogP contribution in [0.4, 0.5) is 0 Å². The number of amides is 1. The summed E-state index contributed by atoms with van der Waals surface area (Å²) in [6.45, 7) is 6.51. The second kappa shape index (κ2) is 9.02. The number of nitrogens with zero attached hydrogens (tertiary/aromatic N) is 3. The Hall–Kier alpha value is -1.49. The van der Waals surface area contributed by atoms with E-state index in [1.54, 1.807) is 6.07 Å². The zero-order valence-electron chi connectivity index (χ0n) is 24.0. The number of aromatic nitrogens is 1. The van der Waals surface area contributed by atoms with E-state index in [2.05, 4.69) is 15.4 Å². The van der Waals surface area contributed by atoms with Crippen molar-refractivity contribution < 1.29 is 22.5 Å². The topological polar surface area (TPSA) is 105 Å². The van der Waals surface area contributed by atoms with Gasteiger partial charge in [-0.1, -0.05) is 5.16 Å². The van der Waals surface area contributed by atoms with Crippen molar-refractivity contribution in [3.05, 3.63) is 17.5 Å². The number of carbonyl (C=O) groups is 1. The van der Waals surface area contributed by atoms with Gasteiger partial charge in [-0.05, 0) is 112 Å². The van der Waals surface area contributed by atoms with Gasteiger partial charge in [-0.2, -0.15) is 0 Å². The summed E-state index contributed by atoms with van der Waals surface area (Å²) >= 11 is 0. The molecule has 0 aromatic carbocycles. The van der Waals surface area contributed by atoms with E-state index < -0.39 is 14.8 Å². The first-order chi connectivity index (χ1) is 19.8. The van der Waals surface area contributed by atoms with Gasteiger partial charge in [0.15, 0.2) is 5.69 Å². The fourth-order valence-electron chi connectivity index (χ4n) is 11.3. The number of carbonyl (C=O) groups excluding carboxylic acids is 1. The monoisotopic (exact) mass is 584 g/mol. The van der Waals surface area contributed by atoms with Crippen LogP contribution in [-0.4, -0.2) is 85.4 Å². The number of hydrogen-bond donors (Lipinski definition) is 1. The molecule has 6 aliphatic carbocycles. The Labute approximate surface area is 243 Å². The van der Waals surface area contributed by atoms with Crippen LogP contribution >= 0.6 is 0 Å². The Bertz CT molecular complexity index is 1320. The van der Waals surface area contributed by atoms with Crippen molar-refractivity contribution >= 4 is 15.9 Å². The molecule has 2 saturated heterocycles. The molecule has 1 aromatic heterocycles. The molecule has 9 atom stereocenters. The predicted molar refractivity (Wildman–Crippen MR) is 151 cm³/mol. The molecule has 8 fully saturated rings. The molecule has 1 aromatic rings. The fraction of sp³-hybridized carbons (Fsp3) is 0.871. The summed E-state index contributed by atoms with van der Waals surface area (Å²) in [5, 5.41) is 7.21. The van der Waals surface area contributed by atoms with Gasteiger partial charge in [-0.3, -0.25) is 9.69 Å². The van der Waals surface area contributed by atoms with Gasteiger partial charge in [0.25, 0.3) is 5.91 Å². The third-order valence-electron chi connectivity index (χ3n) is 13.2.